The molecule has 0 saturated carbocycles. The first-order chi connectivity index (χ1) is 9.20. The van der Waals surface area contributed by atoms with E-state index in [0.717, 1.165) is 5.56 Å². The molecule has 0 aliphatic carbocycles. The van der Waals surface area contributed by atoms with Crippen LogP contribution in [0.4, 0.5) is 5.69 Å². The maximum absolute atomic E-state index is 11.0. The number of ether oxygens (including phenoxy) is 1. The highest BCUT2D eigenvalue weighted by molar-refractivity contribution is 5.48. The second-order valence-electron chi connectivity index (χ2n) is 4.04. The third-order valence-corrected chi connectivity index (χ3v) is 2.69. The van der Waals surface area contributed by atoms with E-state index in [1.807, 2.05) is 30.3 Å². The molecule has 0 heterocycles. The molecule has 0 bridgehead atoms. The first-order valence-electron chi connectivity index (χ1n) is 5.85. The highest BCUT2D eigenvalue weighted by Gasteiger charge is 2.15. The zero-order chi connectivity index (χ0) is 13.7. The third kappa shape index (κ3) is 3.29. The average molecular weight is 258 g/mol. The SMILES string of the molecule is NCc1ccc(OCc2ccccc2)c([N+](=O)[O-])c1. The van der Waals surface area contributed by atoms with Crippen molar-refractivity contribution in [2.24, 2.45) is 5.73 Å². The van der Waals surface area contributed by atoms with Gasteiger partial charge in [-0.25, -0.2) is 0 Å². The smallest absolute Gasteiger partial charge is 0.311 e. The molecular formula is C14H14N2O3. The number of nitro benzene ring substituents is 1. The summed E-state index contributed by atoms with van der Waals surface area (Å²) >= 11 is 0. The highest BCUT2D eigenvalue weighted by atomic mass is 16.6. The van der Waals surface area contributed by atoms with Gasteiger partial charge in [0.05, 0.1) is 4.92 Å². The summed E-state index contributed by atoms with van der Waals surface area (Å²) in [6.45, 7) is 0.559. The number of rotatable bonds is 5. The number of hydrogen-bond donors (Lipinski definition) is 1. The van der Waals surface area contributed by atoms with Gasteiger partial charge in [0.1, 0.15) is 6.61 Å². The molecule has 0 atom stereocenters. The van der Waals surface area contributed by atoms with E-state index in [4.69, 9.17) is 10.5 Å². The van der Waals surface area contributed by atoms with Gasteiger partial charge in [-0.15, -0.1) is 0 Å². The Morgan fingerprint density at radius 3 is 2.47 bits per heavy atom. The van der Waals surface area contributed by atoms with Crippen LogP contribution in [0.15, 0.2) is 48.5 Å². The predicted molar refractivity (Wildman–Crippen MR) is 71.8 cm³/mol. The van der Waals surface area contributed by atoms with Crippen LogP contribution in [0, 0.1) is 10.1 Å². The maximum atomic E-state index is 11.0. The van der Waals surface area contributed by atoms with Crippen LogP contribution >= 0.6 is 0 Å². The molecule has 0 fully saturated rings. The Bertz CT molecular complexity index is 570. The van der Waals surface area contributed by atoms with Crippen molar-refractivity contribution in [2.45, 2.75) is 13.2 Å². The zero-order valence-electron chi connectivity index (χ0n) is 10.3. The Balaban J connectivity index is 2.18. The van der Waals surface area contributed by atoms with Crippen molar-refractivity contribution in [1.82, 2.24) is 0 Å². The standard InChI is InChI=1S/C14H14N2O3/c15-9-12-6-7-14(13(8-12)16(17)18)19-10-11-4-2-1-3-5-11/h1-8H,9-10,15H2. The van der Waals surface area contributed by atoms with Crippen LogP contribution in [-0.4, -0.2) is 4.92 Å². The zero-order valence-corrected chi connectivity index (χ0v) is 10.3. The van der Waals surface area contributed by atoms with Crippen molar-refractivity contribution in [1.29, 1.82) is 0 Å². The molecule has 0 amide bonds. The number of nitrogens with zero attached hydrogens (tertiary/aromatic N) is 1. The van der Waals surface area contributed by atoms with Gasteiger partial charge < -0.3 is 10.5 Å². The van der Waals surface area contributed by atoms with E-state index in [2.05, 4.69) is 0 Å². The van der Waals surface area contributed by atoms with E-state index >= 15 is 0 Å². The molecule has 0 aliphatic rings. The lowest BCUT2D eigenvalue weighted by Crippen LogP contribution is -2.02. The van der Waals surface area contributed by atoms with Crippen LogP contribution < -0.4 is 10.5 Å². The second-order valence-corrected chi connectivity index (χ2v) is 4.04. The lowest BCUT2D eigenvalue weighted by Gasteiger charge is -2.07. The summed E-state index contributed by atoms with van der Waals surface area (Å²) in [5.41, 5.74) is 7.08. The molecule has 0 saturated heterocycles. The molecule has 98 valence electrons. The Morgan fingerprint density at radius 1 is 1.11 bits per heavy atom. The van der Waals surface area contributed by atoms with E-state index < -0.39 is 4.92 Å². The van der Waals surface area contributed by atoms with Crippen molar-refractivity contribution < 1.29 is 9.66 Å². The fourth-order valence-corrected chi connectivity index (χ4v) is 1.69. The van der Waals surface area contributed by atoms with E-state index in [9.17, 15) is 10.1 Å². The first kappa shape index (κ1) is 13.0. The fourth-order valence-electron chi connectivity index (χ4n) is 1.69. The topological polar surface area (TPSA) is 78.4 Å². The minimum absolute atomic E-state index is 0.0566. The number of nitro groups is 1. The maximum Gasteiger partial charge on any atom is 0.311 e. The molecule has 0 unspecified atom stereocenters. The predicted octanol–water partition coefficient (Wildman–Crippen LogP) is 2.63. The van der Waals surface area contributed by atoms with Gasteiger partial charge in [-0.2, -0.15) is 0 Å². The van der Waals surface area contributed by atoms with Crippen LogP contribution in [0.1, 0.15) is 11.1 Å². The third-order valence-electron chi connectivity index (χ3n) is 2.69. The number of benzene rings is 2. The van der Waals surface area contributed by atoms with Crippen LogP contribution in [0.5, 0.6) is 5.75 Å². The molecule has 5 nitrogen and oxygen atoms in total. The molecule has 2 N–H and O–H groups in total. The van der Waals surface area contributed by atoms with E-state index in [1.165, 1.54) is 6.07 Å². The quantitative estimate of drug-likeness (QED) is 0.660. The molecule has 2 rings (SSSR count). The molecule has 19 heavy (non-hydrogen) atoms. The van der Waals surface area contributed by atoms with Gasteiger partial charge in [-0.3, -0.25) is 10.1 Å². The Morgan fingerprint density at radius 2 is 1.84 bits per heavy atom. The monoisotopic (exact) mass is 258 g/mol. The van der Waals surface area contributed by atoms with Crippen molar-refractivity contribution in [3.8, 4) is 5.75 Å². The summed E-state index contributed by atoms with van der Waals surface area (Å²) in [6, 6.07) is 14.3. The summed E-state index contributed by atoms with van der Waals surface area (Å²) in [7, 11) is 0. The van der Waals surface area contributed by atoms with Gasteiger partial charge in [0.15, 0.2) is 5.75 Å². The van der Waals surface area contributed by atoms with Crippen molar-refractivity contribution in [3.63, 3.8) is 0 Å². The summed E-state index contributed by atoms with van der Waals surface area (Å²) in [5.74, 6) is 0.256. The normalized spacial score (nSPS) is 10.2. The minimum atomic E-state index is -0.459. The summed E-state index contributed by atoms with van der Waals surface area (Å²) in [6.07, 6.45) is 0. The Hall–Kier alpha value is -2.40. The summed E-state index contributed by atoms with van der Waals surface area (Å²) in [5, 5.41) is 11.0. The van der Waals surface area contributed by atoms with Gasteiger partial charge in [-0.05, 0) is 17.2 Å². The van der Waals surface area contributed by atoms with E-state index in [-0.39, 0.29) is 18.0 Å². The fraction of sp³-hybridized carbons (Fsp3) is 0.143. The van der Waals surface area contributed by atoms with Gasteiger partial charge in [0.25, 0.3) is 0 Å². The Labute approximate surface area is 110 Å². The molecular weight excluding hydrogens is 244 g/mol. The lowest BCUT2D eigenvalue weighted by molar-refractivity contribution is -0.386. The molecule has 0 aliphatic heterocycles. The number of nitrogens with two attached hydrogens (primary N) is 1. The van der Waals surface area contributed by atoms with Crippen LogP contribution in [0.2, 0.25) is 0 Å². The Kier molecular flexibility index (Phi) is 4.10. The van der Waals surface area contributed by atoms with E-state index in [0.29, 0.717) is 12.2 Å². The van der Waals surface area contributed by atoms with Crippen LogP contribution in [0.25, 0.3) is 0 Å². The first-order valence-corrected chi connectivity index (χ1v) is 5.85. The van der Waals surface area contributed by atoms with Gasteiger partial charge in [-0.1, -0.05) is 36.4 Å². The molecule has 0 aromatic heterocycles. The molecule has 5 heteroatoms. The summed E-state index contributed by atoms with van der Waals surface area (Å²) in [4.78, 5) is 10.5. The highest BCUT2D eigenvalue weighted by Crippen LogP contribution is 2.28. The van der Waals surface area contributed by atoms with Crippen molar-refractivity contribution >= 4 is 5.69 Å². The minimum Gasteiger partial charge on any atom is -0.482 e. The van der Waals surface area contributed by atoms with Crippen molar-refractivity contribution in [2.75, 3.05) is 0 Å². The van der Waals surface area contributed by atoms with E-state index in [1.54, 1.807) is 12.1 Å². The summed E-state index contributed by atoms with van der Waals surface area (Å²) < 4.78 is 5.50. The van der Waals surface area contributed by atoms with Gasteiger partial charge in [0.2, 0.25) is 0 Å². The van der Waals surface area contributed by atoms with Crippen LogP contribution in [0.3, 0.4) is 0 Å². The molecule has 2 aromatic rings. The molecule has 0 radical (unpaired) electrons. The van der Waals surface area contributed by atoms with Crippen LogP contribution in [-0.2, 0) is 13.2 Å². The largest absolute Gasteiger partial charge is 0.482 e. The number of hydrogen-bond acceptors (Lipinski definition) is 4. The van der Waals surface area contributed by atoms with Gasteiger partial charge >= 0.3 is 5.69 Å². The second kappa shape index (κ2) is 5.97. The molecule has 0 spiro atoms. The van der Waals surface area contributed by atoms with Crippen molar-refractivity contribution in [3.05, 3.63) is 69.8 Å². The van der Waals surface area contributed by atoms with Gasteiger partial charge in [0, 0.05) is 12.6 Å². The molecule has 2 aromatic carbocycles. The lowest BCUT2D eigenvalue weighted by atomic mass is 10.2. The average Bonchev–Trinajstić information content (AvgIpc) is 2.46.